The third-order valence-electron chi connectivity index (χ3n) is 4.68. The first-order chi connectivity index (χ1) is 9.28. The van der Waals surface area contributed by atoms with E-state index in [1.165, 1.54) is 32.1 Å². The fourth-order valence-electron chi connectivity index (χ4n) is 3.55. The van der Waals surface area contributed by atoms with Gasteiger partial charge < -0.3 is 4.90 Å². The van der Waals surface area contributed by atoms with Crippen LogP contribution in [0, 0.1) is 11.8 Å². The van der Waals surface area contributed by atoms with Crippen LogP contribution in [0.4, 0.5) is 5.82 Å². The van der Waals surface area contributed by atoms with Crippen LogP contribution in [0.1, 0.15) is 37.7 Å². The Bertz CT molecular complexity index is 450. The van der Waals surface area contributed by atoms with E-state index >= 15 is 0 Å². The first kappa shape index (κ1) is 13.5. The lowest BCUT2D eigenvalue weighted by atomic mass is 9.75. The van der Waals surface area contributed by atoms with E-state index in [0.717, 1.165) is 36.3 Å². The van der Waals surface area contributed by atoms with Gasteiger partial charge in [0.15, 0.2) is 0 Å². The molecular weight excluding hydrogens is 279 g/mol. The van der Waals surface area contributed by atoms with E-state index < -0.39 is 0 Å². The molecule has 2 unspecified atom stereocenters. The lowest BCUT2D eigenvalue weighted by Gasteiger charge is -2.41. The van der Waals surface area contributed by atoms with Crippen molar-refractivity contribution in [1.29, 1.82) is 0 Å². The number of anilines is 1. The minimum absolute atomic E-state index is 0.453. The van der Waals surface area contributed by atoms with E-state index in [2.05, 4.69) is 16.0 Å². The molecule has 2 atom stereocenters. The number of rotatable bonds is 2. The Hall–Kier alpha value is -0.470. The second kappa shape index (κ2) is 5.88. The van der Waals surface area contributed by atoms with Crippen LogP contribution in [0.2, 0.25) is 5.02 Å². The largest absolute Gasteiger partial charge is 0.356 e. The number of halogens is 2. The monoisotopic (exact) mass is 298 g/mol. The number of pyridine rings is 1. The van der Waals surface area contributed by atoms with Gasteiger partial charge >= 0.3 is 0 Å². The number of fused-ring (bicyclic) bond motifs is 1. The fraction of sp³-hybridized carbons (Fsp3) is 0.667. The van der Waals surface area contributed by atoms with Gasteiger partial charge in [0.1, 0.15) is 5.82 Å². The zero-order valence-corrected chi connectivity index (χ0v) is 12.6. The smallest absolute Gasteiger partial charge is 0.128 e. The van der Waals surface area contributed by atoms with Crippen molar-refractivity contribution in [3.8, 4) is 0 Å². The predicted molar refractivity (Wildman–Crippen MR) is 81.1 cm³/mol. The number of piperidine rings is 1. The molecule has 2 nitrogen and oxygen atoms in total. The van der Waals surface area contributed by atoms with Gasteiger partial charge in [-0.15, -0.1) is 11.6 Å². The Morgan fingerprint density at radius 1 is 1.21 bits per heavy atom. The van der Waals surface area contributed by atoms with E-state index in [1.54, 1.807) is 6.20 Å². The van der Waals surface area contributed by atoms with Gasteiger partial charge in [-0.3, -0.25) is 0 Å². The van der Waals surface area contributed by atoms with Crippen LogP contribution in [0.15, 0.2) is 12.3 Å². The van der Waals surface area contributed by atoms with Crippen molar-refractivity contribution < 1.29 is 0 Å². The number of aromatic nitrogens is 1. The molecule has 19 heavy (non-hydrogen) atoms. The fourth-order valence-corrected chi connectivity index (χ4v) is 4.01. The van der Waals surface area contributed by atoms with Crippen LogP contribution < -0.4 is 4.90 Å². The quantitative estimate of drug-likeness (QED) is 0.748. The van der Waals surface area contributed by atoms with Crippen LogP contribution in [0.5, 0.6) is 0 Å². The molecule has 0 radical (unpaired) electrons. The molecule has 1 aromatic heterocycles. The summed E-state index contributed by atoms with van der Waals surface area (Å²) in [4.78, 5) is 6.90. The second-order valence-electron chi connectivity index (χ2n) is 5.81. The third kappa shape index (κ3) is 2.85. The normalized spacial score (nSPS) is 27.2. The Morgan fingerprint density at radius 3 is 2.79 bits per heavy atom. The average molecular weight is 299 g/mol. The molecule has 1 aromatic rings. The summed E-state index contributed by atoms with van der Waals surface area (Å²) in [5, 5.41) is 0.673. The highest BCUT2D eigenvalue weighted by Gasteiger charge is 2.31. The molecule has 0 amide bonds. The van der Waals surface area contributed by atoms with Crippen LogP contribution in [0.3, 0.4) is 0 Å². The Morgan fingerprint density at radius 2 is 2.00 bits per heavy atom. The number of hydrogen-bond acceptors (Lipinski definition) is 2. The van der Waals surface area contributed by atoms with Crippen LogP contribution >= 0.6 is 23.2 Å². The summed E-state index contributed by atoms with van der Waals surface area (Å²) in [7, 11) is 0. The van der Waals surface area contributed by atoms with Gasteiger partial charge in [0.05, 0.1) is 5.02 Å². The SMILES string of the molecule is ClCc1cc(N2CCC3CCCCC3C2)ncc1Cl. The third-order valence-corrected chi connectivity index (χ3v) is 5.31. The minimum Gasteiger partial charge on any atom is -0.356 e. The molecule has 1 saturated carbocycles. The molecule has 1 aliphatic carbocycles. The minimum atomic E-state index is 0.453. The molecular formula is C15H20Cl2N2. The van der Waals surface area contributed by atoms with Crippen LogP contribution in [-0.2, 0) is 5.88 Å². The van der Waals surface area contributed by atoms with Crippen molar-refractivity contribution in [1.82, 2.24) is 4.98 Å². The molecule has 2 aliphatic rings. The van der Waals surface area contributed by atoms with Crippen LogP contribution in [-0.4, -0.2) is 18.1 Å². The van der Waals surface area contributed by atoms with E-state index in [-0.39, 0.29) is 0 Å². The van der Waals surface area contributed by atoms with Gasteiger partial charge in [-0.2, -0.15) is 0 Å². The summed E-state index contributed by atoms with van der Waals surface area (Å²) in [6.45, 7) is 2.28. The van der Waals surface area contributed by atoms with Crippen molar-refractivity contribution in [2.24, 2.45) is 11.8 Å². The second-order valence-corrected chi connectivity index (χ2v) is 6.48. The first-order valence-electron chi connectivity index (χ1n) is 7.23. The van der Waals surface area contributed by atoms with Crippen molar-refractivity contribution in [3.05, 3.63) is 22.8 Å². The molecule has 0 aromatic carbocycles. The summed E-state index contributed by atoms with van der Waals surface area (Å²) < 4.78 is 0. The standard InChI is InChI=1S/C15H20Cl2N2/c16-8-13-7-15(18-9-14(13)17)19-6-5-11-3-1-2-4-12(11)10-19/h7,9,11-12H,1-6,8,10H2. The van der Waals surface area contributed by atoms with Crippen molar-refractivity contribution in [2.45, 2.75) is 38.0 Å². The van der Waals surface area contributed by atoms with E-state index in [0.29, 0.717) is 10.9 Å². The number of alkyl halides is 1. The Balaban J connectivity index is 1.75. The average Bonchev–Trinajstić information content (AvgIpc) is 2.47. The predicted octanol–water partition coefficient (Wildman–Crippen LogP) is 4.49. The van der Waals surface area contributed by atoms with E-state index in [1.807, 2.05) is 0 Å². The van der Waals surface area contributed by atoms with Gasteiger partial charge in [-0.25, -0.2) is 4.98 Å². The highest BCUT2D eigenvalue weighted by molar-refractivity contribution is 6.32. The van der Waals surface area contributed by atoms with Gasteiger partial charge in [0.2, 0.25) is 0 Å². The highest BCUT2D eigenvalue weighted by atomic mass is 35.5. The summed E-state index contributed by atoms with van der Waals surface area (Å²) >= 11 is 12.0. The molecule has 2 heterocycles. The van der Waals surface area contributed by atoms with Gasteiger partial charge in [0.25, 0.3) is 0 Å². The number of hydrogen-bond donors (Lipinski definition) is 0. The summed E-state index contributed by atoms with van der Waals surface area (Å²) in [5.74, 6) is 3.31. The molecule has 104 valence electrons. The maximum Gasteiger partial charge on any atom is 0.128 e. The molecule has 0 N–H and O–H groups in total. The maximum atomic E-state index is 6.08. The first-order valence-corrected chi connectivity index (χ1v) is 8.14. The Kier molecular flexibility index (Phi) is 4.18. The summed E-state index contributed by atoms with van der Waals surface area (Å²) in [5.41, 5.74) is 0.985. The molecule has 1 aliphatic heterocycles. The maximum absolute atomic E-state index is 6.08. The van der Waals surface area contributed by atoms with Gasteiger partial charge in [-0.05, 0) is 36.3 Å². The van der Waals surface area contributed by atoms with E-state index in [9.17, 15) is 0 Å². The lowest BCUT2D eigenvalue weighted by Crippen LogP contribution is -2.42. The molecule has 0 spiro atoms. The van der Waals surface area contributed by atoms with Gasteiger partial charge in [-0.1, -0.05) is 30.9 Å². The zero-order chi connectivity index (χ0) is 13.2. The van der Waals surface area contributed by atoms with Crippen LogP contribution in [0.25, 0.3) is 0 Å². The van der Waals surface area contributed by atoms with Crippen molar-refractivity contribution in [2.75, 3.05) is 18.0 Å². The van der Waals surface area contributed by atoms with Crippen molar-refractivity contribution in [3.63, 3.8) is 0 Å². The van der Waals surface area contributed by atoms with Gasteiger partial charge in [0, 0.05) is 25.2 Å². The van der Waals surface area contributed by atoms with E-state index in [4.69, 9.17) is 23.2 Å². The summed E-state index contributed by atoms with van der Waals surface area (Å²) in [6.07, 6.45) is 8.69. The molecule has 4 heteroatoms. The molecule has 1 saturated heterocycles. The number of nitrogens with zero attached hydrogens (tertiary/aromatic N) is 2. The summed E-state index contributed by atoms with van der Waals surface area (Å²) in [6, 6.07) is 2.05. The Labute approximate surface area is 125 Å². The van der Waals surface area contributed by atoms with Crippen molar-refractivity contribution >= 4 is 29.0 Å². The highest BCUT2D eigenvalue weighted by Crippen LogP contribution is 2.37. The lowest BCUT2D eigenvalue weighted by molar-refractivity contribution is 0.202. The molecule has 0 bridgehead atoms. The topological polar surface area (TPSA) is 16.1 Å². The zero-order valence-electron chi connectivity index (χ0n) is 11.1. The molecule has 3 rings (SSSR count). The molecule has 2 fully saturated rings.